The topological polar surface area (TPSA) is 115 Å². The fourth-order valence-corrected chi connectivity index (χ4v) is 3.01. The number of pyridine rings is 3. The van der Waals surface area contributed by atoms with Crippen molar-refractivity contribution in [1.82, 2.24) is 20.3 Å². The van der Waals surface area contributed by atoms with Gasteiger partial charge in [-0.3, -0.25) is 25.4 Å². The Hall–Kier alpha value is -3.85. The standard InChI is InChI=1S/C22H21N5O4/c1-14-2-3-15(11-24-14)19-10-17(6-8-23-19)31-18-4-5-20(25-12-18)26-22(29)27-21(28)16-7-9-30-13-16/h2-6,8,10-12,16H,7,9,13H2,1H3,(H2,25,26,27,28,29). The van der Waals surface area contributed by atoms with E-state index in [-0.39, 0.29) is 11.8 Å². The molecule has 0 saturated carbocycles. The van der Waals surface area contributed by atoms with Crippen LogP contribution < -0.4 is 15.4 Å². The minimum atomic E-state index is -0.636. The van der Waals surface area contributed by atoms with Crippen LogP contribution in [0.25, 0.3) is 11.3 Å². The number of carbonyl (C=O) groups is 2. The van der Waals surface area contributed by atoms with Crippen LogP contribution in [0.5, 0.6) is 11.5 Å². The van der Waals surface area contributed by atoms with Gasteiger partial charge in [0.15, 0.2) is 0 Å². The number of urea groups is 1. The first-order chi connectivity index (χ1) is 15.1. The number of aryl methyl sites for hydroxylation is 1. The van der Waals surface area contributed by atoms with E-state index in [0.29, 0.717) is 37.0 Å². The number of anilines is 1. The molecule has 3 amide bonds. The molecule has 3 aromatic heterocycles. The number of amides is 3. The maximum Gasteiger partial charge on any atom is 0.327 e. The zero-order valence-electron chi connectivity index (χ0n) is 16.9. The maximum absolute atomic E-state index is 12.0. The number of rotatable bonds is 5. The lowest BCUT2D eigenvalue weighted by Gasteiger charge is -2.10. The summed E-state index contributed by atoms with van der Waals surface area (Å²) >= 11 is 0. The van der Waals surface area contributed by atoms with Crippen LogP contribution in [0.15, 0.2) is 55.0 Å². The van der Waals surface area contributed by atoms with Gasteiger partial charge in [-0.1, -0.05) is 0 Å². The van der Waals surface area contributed by atoms with Gasteiger partial charge >= 0.3 is 6.03 Å². The molecule has 9 heteroatoms. The molecule has 1 fully saturated rings. The molecule has 1 aliphatic heterocycles. The van der Waals surface area contributed by atoms with E-state index in [2.05, 4.69) is 25.6 Å². The molecule has 9 nitrogen and oxygen atoms in total. The van der Waals surface area contributed by atoms with E-state index in [0.717, 1.165) is 17.0 Å². The van der Waals surface area contributed by atoms with Crippen molar-refractivity contribution in [2.24, 2.45) is 5.92 Å². The van der Waals surface area contributed by atoms with E-state index in [1.165, 1.54) is 6.20 Å². The predicted octanol–water partition coefficient (Wildman–Crippen LogP) is 3.32. The van der Waals surface area contributed by atoms with Gasteiger partial charge in [-0.05, 0) is 43.7 Å². The van der Waals surface area contributed by atoms with E-state index in [1.807, 2.05) is 25.1 Å². The number of nitrogens with zero attached hydrogens (tertiary/aromatic N) is 3. The van der Waals surface area contributed by atoms with Gasteiger partial charge in [-0.25, -0.2) is 9.78 Å². The first-order valence-corrected chi connectivity index (χ1v) is 9.79. The number of hydrogen-bond donors (Lipinski definition) is 2. The zero-order chi connectivity index (χ0) is 21.6. The molecule has 158 valence electrons. The SMILES string of the molecule is Cc1ccc(-c2cc(Oc3ccc(NC(=O)NC(=O)C4CCOC4)nc3)ccn2)cn1. The average Bonchev–Trinajstić information content (AvgIpc) is 3.31. The van der Waals surface area contributed by atoms with Crippen molar-refractivity contribution in [3.8, 4) is 22.8 Å². The summed E-state index contributed by atoms with van der Waals surface area (Å²) in [5.41, 5.74) is 2.56. The molecule has 0 aromatic carbocycles. The molecule has 2 N–H and O–H groups in total. The lowest BCUT2D eigenvalue weighted by molar-refractivity contribution is -0.123. The van der Waals surface area contributed by atoms with Crippen molar-refractivity contribution >= 4 is 17.8 Å². The molecule has 1 atom stereocenters. The van der Waals surface area contributed by atoms with Gasteiger partial charge in [0.05, 0.1) is 24.4 Å². The molecular weight excluding hydrogens is 398 g/mol. The van der Waals surface area contributed by atoms with Crippen LogP contribution in [-0.4, -0.2) is 40.1 Å². The summed E-state index contributed by atoms with van der Waals surface area (Å²) in [6.45, 7) is 2.79. The van der Waals surface area contributed by atoms with Crippen molar-refractivity contribution < 1.29 is 19.1 Å². The lowest BCUT2D eigenvalue weighted by Crippen LogP contribution is -2.38. The molecular formula is C22H21N5O4. The molecule has 1 saturated heterocycles. The third-order valence-electron chi connectivity index (χ3n) is 4.69. The second kappa shape index (κ2) is 9.31. The molecule has 31 heavy (non-hydrogen) atoms. The zero-order valence-corrected chi connectivity index (χ0v) is 16.9. The van der Waals surface area contributed by atoms with Gasteiger partial charge in [0.2, 0.25) is 5.91 Å². The highest BCUT2D eigenvalue weighted by Crippen LogP contribution is 2.25. The molecule has 0 bridgehead atoms. The first kappa shape index (κ1) is 20.4. The molecule has 1 aliphatic rings. The average molecular weight is 419 g/mol. The second-order valence-corrected chi connectivity index (χ2v) is 7.05. The van der Waals surface area contributed by atoms with Gasteiger partial charge < -0.3 is 9.47 Å². The summed E-state index contributed by atoms with van der Waals surface area (Å²) in [6.07, 6.45) is 5.51. The Morgan fingerprint density at radius 2 is 1.97 bits per heavy atom. The fraction of sp³-hybridized carbons (Fsp3) is 0.227. The summed E-state index contributed by atoms with van der Waals surface area (Å²) in [6, 6.07) is 10.0. The van der Waals surface area contributed by atoms with E-state index in [1.54, 1.807) is 30.6 Å². The molecule has 3 aromatic rings. The summed E-state index contributed by atoms with van der Waals surface area (Å²) < 4.78 is 11.0. The molecule has 0 radical (unpaired) electrons. The number of ether oxygens (including phenoxy) is 2. The van der Waals surface area contributed by atoms with E-state index in [9.17, 15) is 9.59 Å². The van der Waals surface area contributed by atoms with E-state index < -0.39 is 6.03 Å². The Balaban J connectivity index is 1.35. The van der Waals surface area contributed by atoms with Gasteiger partial charge in [0, 0.05) is 36.3 Å². The predicted molar refractivity (Wildman–Crippen MR) is 113 cm³/mol. The Labute approximate surface area is 178 Å². The van der Waals surface area contributed by atoms with Crippen molar-refractivity contribution in [2.75, 3.05) is 18.5 Å². The Kier molecular flexibility index (Phi) is 6.13. The van der Waals surface area contributed by atoms with Gasteiger partial charge in [0.25, 0.3) is 0 Å². The van der Waals surface area contributed by atoms with Crippen molar-refractivity contribution in [3.63, 3.8) is 0 Å². The number of hydrogen-bond acceptors (Lipinski definition) is 7. The van der Waals surface area contributed by atoms with Crippen LogP contribution in [0.4, 0.5) is 10.6 Å². The Morgan fingerprint density at radius 3 is 2.68 bits per heavy atom. The van der Waals surface area contributed by atoms with Gasteiger partial charge in [-0.2, -0.15) is 0 Å². The fourth-order valence-electron chi connectivity index (χ4n) is 3.01. The monoisotopic (exact) mass is 419 g/mol. The van der Waals surface area contributed by atoms with Crippen molar-refractivity contribution in [2.45, 2.75) is 13.3 Å². The highest BCUT2D eigenvalue weighted by molar-refractivity contribution is 6.01. The molecule has 0 spiro atoms. The third kappa shape index (κ3) is 5.40. The number of carbonyl (C=O) groups excluding carboxylic acids is 2. The van der Waals surface area contributed by atoms with Crippen LogP contribution in [0, 0.1) is 12.8 Å². The maximum atomic E-state index is 12.0. The Bertz CT molecular complexity index is 1060. The van der Waals surface area contributed by atoms with Crippen LogP contribution in [0.1, 0.15) is 12.1 Å². The quantitative estimate of drug-likeness (QED) is 0.652. The largest absolute Gasteiger partial charge is 0.456 e. The number of nitrogens with one attached hydrogen (secondary N) is 2. The normalized spacial score (nSPS) is 15.3. The summed E-state index contributed by atoms with van der Waals surface area (Å²) in [4.78, 5) is 36.7. The molecule has 1 unspecified atom stereocenters. The van der Waals surface area contributed by atoms with Gasteiger partial charge in [-0.15, -0.1) is 0 Å². The van der Waals surface area contributed by atoms with Crippen LogP contribution in [0.2, 0.25) is 0 Å². The van der Waals surface area contributed by atoms with Crippen LogP contribution in [-0.2, 0) is 9.53 Å². The van der Waals surface area contributed by atoms with Crippen LogP contribution >= 0.6 is 0 Å². The summed E-state index contributed by atoms with van der Waals surface area (Å²) in [7, 11) is 0. The van der Waals surface area contributed by atoms with Crippen LogP contribution in [0.3, 0.4) is 0 Å². The van der Waals surface area contributed by atoms with E-state index in [4.69, 9.17) is 9.47 Å². The van der Waals surface area contributed by atoms with Crippen molar-refractivity contribution in [1.29, 1.82) is 0 Å². The minimum Gasteiger partial charge on any atom is -0.456 e. The summed E-state index contributed by atoms with van der Waals surface area (Å²) in [5, 5.41) is 4.82. The Morgan fingerprint density at radius 1 is 1.06 bits per heavy atom. The first-order valence-electron chi connectivity index (χ1n) is 9.79. The minimum absolute atomic E-state index is 0.293. The van der Waals surface area contributed by atoms with Gasteiger partial charge in [0.1, 0.15) is 17.3 Å². The smallest absolute Gasteiger partial charge is 0.327 e. The third-order valence-corrected chi connectivity index (χ3v) is 4.69. The lowest BCUT2D eigenvalue weighted by atomic mass is 10.1. The number of aromatic nitrogens is 3. The van der Waals surface area contributed by atoms with E-state index >= 15 is 0 Å². The highest BCUT2D eigenvalue weighted by atomic mass is 16.5. The molecule has 4 heterocycles. The molecule has 0 aliphatic carbocycles. The number of imide groups is 1. The highest BCUT2D eigenvalue weighted by Gasteiger charge is 2.24. The second-order valence-electron chi connectivity index (χ2n) is 7.05. The summed E-state index contributed by atoms with van der Waals surface area (Å²) in [5.74, 6) is 0.726. The molecule has 4 rings (SSSR count). The van der Waals surface area contributed by atoms with Crippen molar-refractivity contribution in [3.05, 3.63) is 60.7 Å².